The van der Waals surface area contributed by atoms with Crippen molar-refractivity contribution in [3.63, 3.8) is 0 Å². The fourth-order valence-electron chi connectivity index (χ4n) is 3.27. The molecule has 0 spiro atoms. The van der Waals surface area contributed by atoms with Crippen LogP contribution in [-0.2, 0) is 6.42 Å². The van der Waals surface area contributed by atoms with E-state index in [9.17, 15) is 0 Å². The highest BCUT2D eigenvalue weighted by atomic mass is 79.9. The molecule has 0 aliphatic heterocycles. The second-order valence-electron chi connectivity index (χ2n) is 6.21. The SMILES string of the molecule is CCCNC(CCC1CCCC1)Cc1ccc(Br)cc1. The maximum atomic E-state index is 3.74. The predicted molar refractivity (Wildman–Crippen MR) is 91.1 cm³/mol. The Balaban J connectivity index is 1.83. The van der Waals surface area contributed by atoms with Crippen LogP contribution in [0.25, 0.3) is 0 Å². The molecule has 0 heterocycles. The Morgan fingerprint density at radius 1 is 1.20 bits per heavy atom. The minimum Gasteiger partial charge on any atom is -0.314 e. The van der Waals surface area contributed by atoms with Crippen LogP contribution in [0.2, 0.25) is 0 Å². The first-order chi connectivity index (χ1) is 9.78. The molecular formula is C18H28BrN. The molecule has 1 atom stereocenters. The summed E-state index contributed by atoms with van der Waals surface area (Å²) < 4.78 is 1.17. The summed E-state index contributed by atoms with van der Waals surface area (Å²) in [7, 11) is 0. The lowest BCUT2D eigenvalue weighted by molar-refractivity contribution is 0.402. The van der Waals surface area contributed by atoms with Gasteiger partial charge in [-0.3, -0.25) is 0 Å². The molecule has 1 nitrogen and oxygen atoms in total. The maximum absolute atomic E-state index is 3.74. The van der Waals surface area contributed by atoms with Gasteiger partial charge in [0.1, 0.15) is 0 Å². The number of rotatable bonds is 8. The molecular weight excluding hydrogens is 310 g/mol. The minimum absolute atomic E-state index is 0.650. The summed E-state index contributed by atoms with van der Waals surface area (Å²) in [5.41, 5.74) is 1.45. The molecule has 0 aromatic heterocycles. The van der Waals surface area contributed by atoms with Gasteiger partial charge in [-0.15, -0.1) is 0 Å². The smallest absolute Gasteiger partial charge is 0.0175 e. The maximum Gasteiger partial charge on any atom is 0.0175 e. The monoisotopic (exact) mass is 337 g/mol. The number of nitrogens with one attached hydrogen (secondary N) is 1. The molecule has 0 bridgehead atoms. The molecule has 1 saturated carbocycles. The zero-order valence-electron chi connectivity index (χ0n) is 12.7. The van der Waals surface area contributed by atoms with Crippen LogP contribution in [0.4, 0.5) is 0 Å². The summed E-state index contributed by atoms with van der Waals surface area (Å²) in [6, 6.07) is 9.46. The standard InChI is InChI=1S/C18H28BrN/c1-2-13-20-18(12-9-15-5-3-4-6-15)14-16-7-10-17(19)11-8-16/h7-8,10-11,15,18,20H,2-6,9,12-14H2,1H3. The Morgan fingerprint density at radius 3 is 2.55 bits per heavy atom. The normalized spacial score (nSPS) is 17.5. The Hall–Kier alpha value is -0.340. The molecule has 0 radical (unpaired) electrons. The van der Waals surface area contributed by atoms with Gasteiger partial charge in [-0.1, -0.05) is 60.7 Å². The van der Waals surface area contributed by atoms with Crippen LogP contribution in [0.1, 0.15) is 57.4 Å². The van der Waals surface area contributed by atoms with Gasteiger partial charge in [-0.2, -0.15) is 0 Å². The van der Waals surface area contributed by atoms with Gasteiger partial charge in [0, 0.05) is 10.5 Å². The van der Waals surface area contributed by atoms with Gasteiger partial charge in [-0.05, 0) is 55.8 Å². The van der Waals surface area contributed by atoms with Crippen LogP contribution < -0.4 is 5.32 Å². The number of hydrogen-bond acceptors (Lipinski definition) is 1. The molecule has 1 fully saturated rings. The van der Waals surface area contributed by atoms with Gasteiger partial charge in [0.05, 0.1) is 0 Å². The van der Waals surface area contributed by atoms with Gasteiger partial charge < -0.3 is 5.32 Å². The van der Waals surface area contributed by atoms with Crippen LogP contribution in [0.3, 0.4) is 0 Å². The van der Waals surface area contributed by atoms with Crippen molar-refractivity contribution >= 4 is 15.9 Å². The summed E-state index contributed by atoms with van der Waals surface area (Å²) in [4.78, 5) is 0. The van der Waals surface area contributed by atoms with Gasteiger partial charge in [0.15, 0.2) is 0 Å². The topological polar surface area (TPSA) is 12.0 Å². The molecule has 1 aromatic rings. The molecule has 112 valence electrons. The highest BCUT2D eigenvalue weighted by Crippen LogP contribution is 2.29. The van der Waals surface area contributed by atoms with Gasteiger partial charge in [0.2, 0.25) is 0 Å². The predicted octanol–water partition coefficient (Wildman–Crippen LogP) is 5.33. The zero-order chi connectivity index (χ0) is 14.2. The van der Waals surface area contributed by atoms with Crippen LogP contribution in [0, 0.1) is 5.92 Å². The lowest BCUT2D eigenvalue weighted by atomic mass is 9.95. The van der Waals surface area contributed by atoms with E-state index >= 15 is 0 Å². The molecule has 1 N–H and O–H groups in total. The van der Waals surface area contributed by atoms with Crippen molar-refractivity contribution in [1.82, 2.24) is 5.32 Å². The summed E-state index contributed by atoms with van der Waals surface area (Å²) >= 11 is 3.51. The van der Waals surface area contributed by atoms with E-state index < -0.39 is 0 Å². The van der Waals surface area contributed by atoms with Crippen LogP contribution in [-0.4, -0.2) is 12.6 Å². The van der Waals surface area contributed by atoms with E-state index in [4.69, 9.17) is 0 Å². The largest absolute Gasteiger partial charge is 0.314 e. The number of benzene rings is 1. The second-order valence-corrected chi connectivity index (χ2v) is 7.13. The van der Waals surface area contributed by atoms with E-state index in [0.29, 0.717) is 6.04 Å². The Bertz CT molecular complexity index is 368. The van der Waals surface area contributed by atoms with E-state index in [1.807, 2.05) is 0 Å². The van der Waals surface area contributed by atoms with Crippen molar-refractivity contribution in [2.45, 2.75) is 64.3 Å². The van der Waals surface area contributed by atoms with E-state index in [1.165, 1.54) is 61.4 Å². The summed E-state index contributed by atoms with van der Waals surface area (Å²) in [6.45, 7) is 3.40. The van der Waals surface area contributed by atoms with Crippen molar-refractivity contribution in [1.29, 1.82) is 0 Å². The first-order valence-electron chi connectivity index (χ1n) is 8.25. The fraction of sp³-hybridized carbons (Fsp3) is 0.667. The molecule has 1 aliphatic rings. The lowest BCUT2D eigenvalue weighted by Gasteiger charge is -2.20. The van der Waals surface area contributed by atoms with Crippen LogP contribution >= 0.6 is 15.9 Å². The van der Waals surface area contributed by atoms with Crippen molar-refractivity contribution in [2.24, 2.45) is 5.92 Å². The third kappa shape index (κ3) is 5.57. The molecule has 1 aliphatic carbocycles. The van der Waals surface area contributed by atoms with Crippen LogP contribution in [0.15, 0.2) is 28.7 Å². The summed E-state index contributed by atoms with van der Waals surface area (Å²) in [5, 5.41) is 3.74. The fourth-order valence-corrected chi connectivity index (χ4v) is 3.53. The Kier molecular flexibility index (Phi) is 7.09. The Morgan fingerprint density at radius 2 is 1.90 bits per heavy atom. The highest BCUT2D eigenvalue weighted by Gasteiger charge is 2.17. The first-order valence-corrected chi connectivity index (χ1v) is 9.05. The molecule has 2 heteroatoms. The lowest BCUT2D eigenvalue weighted by Crippen LogP contribution is -2.32. The summed E-state index contributed by atoms with van der Waals surface area (Å²) in [6.07, 6.45) is 11.0. The van der Waals surface area contributed by atoms with Crippen molar-refractivity contribution in [3.05, 3.63) is 34.3 Å². The Labute approximate surface area is 132 Å². The second kappa shape index (κ2) is 8.84. The molecule has 0 saturated heterocycles. The highest BCUT2D eigenvalue weighted by molar-refractivity contribution is 9.10. The van der Waals surface area contributed by atoms with E-state index in [1.54, 1.807) is 0 Å². The zero-order valence-corrected chi connectivity index (χ0v) is 14.3. The minimum atomic E-state index is 0.650. The van der Waals surface area contributed by atoms with Crippen molar-refractivity contribution in [2.75, 3.05) is 6.54 Å². The molecule has 2 rings (SSSR count). The molecule has 1 aromatic carbocycles. The van der Waals surface area contributed by atoms with E-state index in [2.05, 4.69) is 52.4 Å². The van der Waals surface area contributed by atoms with Gasteiger partial charge in [-0.25, -0.2) is 0 Å². The average Bonchev–Trinajstić information content (AvgIpc) is 2.97. The third-order valence-corrected chi connectivity index (χ3v) is 5.01. The average molecular weight is 338 g/mol. The van der Waals surface area contributed by atoms with Crippen molar-refractivity contribution < 1.29 is 0 Å². The van der Waals surface area contributed by atoms with Crippen LogP contribution in [0.5, 0.6) is 0 Å². The van der Waals surface area contributed by atoms with E-state index in [0.717, 1.165) is 12.5 Å². The quantitative estimate of drug-likeness (QED) is 0.675. The third-order valence-electron chi connectivity index (χ3n) is 4.48. The first kappa shape index (κ1) is 16.0. The molecule has 0 amide bonds. The van der Waals surface area contributed by atoms with Crippen molar-refractivity contribution in [3.8, 4) is 0 Å². The number of halogens is 1. The van der Waals surface area contributed by atoms with E-state index in [-0.39, 0.29) is 0 Å². The van der Waals surface area contributed by atoms with Gasteiger partial charge in [0.25, 0.3) is 0 Å². The molecule has 1 unspecified atom stereocenters. The summed E-state index contributed by atoms with van der Waals surface area (Å²) in [5.74, 6) is 1.01. The van der Waals surface area contributed by atoms with Gasteiger partial charge >= 0.3 is 0 Å². The molecule has 20 heavy (non-hydrogen) atoms. The number of hydrogen-bond donors (Lipinski definition) is 1.